The molecule has 0 unspecified atom stereocenters. The minimum absolute atomic E-state index is 0.521. The van der Waals surface area contributed by atoms with Gasteiger partial charge in [-0.2, -0.15) is 0 Å². The fourth-order valence-corrected chi connectivity index (χ4v) is 2.20. The van der Waals surface area contributed by atoms with Crippen molar-refractivity contribution in [3.63, 3.8) is 0 Å². The van der Waals surface area contributed by atoms with Crippen molar-refractivity contribution in [1.82, 2.24) is 20.3 Å². The van der Waals surface area contributed by atoms with E-state index in [0.29, 0.717) is 5.92 Å². The van der Waals surface area contributed by atoms with Crippen molar-refractivity contribution in [2.45, 2.75) is 5.92 Å². The molecule has 0 spiro atoms. The molecule has 0 bridgehead atoms. The lowest BCUT2D eigenvalue weighted by molar-refractivity contribution is 0.433. The smallest absolute Gasteiger partial charge is 0.181 e. The third-order valence-electron chi connectivity index (χ3n) is 3.41. The van der Waals surface area contributed by atoms with Crippen LogP contribution in [-0.4, -0.2) is 28.0 Å². The summed E-state index contributed by atoms with van der Waals surface area (Å²) in [5.41, 5.74) is 3.77. The number of benzene rings is 1. The number of oxazole rings is 1. The van der Waals surface area contributed by atoms with Crippen LogP contribution in [0.1, 0.15) is 11.7 Å². The van der Waals surface area contributed by atoms with E-state index in [1.54, 1.807) is 0 Å². The Morgan fingerprint density at radius 3 is 3.00 bits per heavy atom. The van der Waals surface area contributed by atoms with E-state index in [1.807, 2.05) is 24.4 Å². The number of fused-ring (bicyclic) bond motifs is 1. The number of rotatable bonds is 2. The van der Waals surface area contributed by atoms with Gasteiger partial charge in [-0.05, 0) is 12.1 Å². The number of nitrogens with one attached hydrogen (secondary N) is 2. The lowest BCUT2D eigenvalue weighted by Crippen LogP contribution is -2.40. The largest absolute Gasteiger partial charge is 0.443 e. The van der Waals surface area contributed by atoms with Crippen LogP contribution in [0.4, 0.5) is 0 Å². The van der Waals surface area contributed by atoms with Crippen LogP contribution in [0.5, 0.6) is 0 Å². The molecule has 0 atom stereocenters. The Bertz CT molecular complexity index is 696. The number of imidazole rings is 1. The predicted molar refractivity (Wildman–Crippen MR) is 67.2 cm³/mol. The molecule has 5 nitrogen and oxygen atoms in total. The monoisotopic (exact) mass is 240 g/mol. The summed E-state index contributed by atoms with van der Waals surface area (Å²) in [6.45, 7) is 2.02. The SMILES string of the molecule is c1nc2ccc(-c3cnc(C4CNC4)[nH]3)cc2o1. The molecule has 5 heteroatoms. The van der Waals surface area contributed by atoms with Gasteiger partial charge in [-0.1, -0.05) is 6.07 Å². The molecule has 90 valence electrons. The Balaban J connectivity index is 1.74. The van der Waals surface area contributed by atoms with Gasteiger partial charge >= 0.3 is 0 Å². The summed E-state index contributed by atoms with van der Waals surface area (Å²) in [4.78, 5) is 11.9. The maximum absolute atomic E-state index is 5.31. The molecule has 0 amide bonds. The Morgan fingerprint density at radius 2 is 2.17 bits per heavy atom. The molecule has 1 saturated heterocycles. The van der Waals surface area contributed by atoms with Gasteiger partial charge in [0.25, 0.3) is 0 Å². The Morgan fingerprint density at radius 1 is 1.22 bits per heavy atom. The third kappa shape index (κ3) is 1.44. The zero-order chi connectivity index (χ0) is 11.9. The highest BCUT2D eigenvalue weighted by Gasteiger charge is 2.21. The molecule has 3 aromatic rings. The van der Waals surface area contributed by atoms with Crippen molar-refractivity contribution in [2.75, 3.05) is 13.1 Å². The van der Waals surface area contributed by atoms with Crippen molar-refractivity contribution in [1.29, 1.82) is 0 Å². The van der Waals surface area contributed by atoms with Crippen LogP contribution in [-0.2, 0) is 0 Å². The Hall–Kier alpha value is -2.14. The normalized spacial score (nSPS) is 16.0. The zero-order valence-corrected chi connectivity index (χ0v) is 9.68. The standard InChI is InChI=1S/C13H12N4O/c1-2-10-12(18-7-16-10)3-8(1)11-6-15-13(17-11)9-4-14-5-9/h1-3,6-7,9,14H,4-5H2,(H,15,17). The molecule has 0 radical (unpaired) electrons. The van der Waals surface area contributed by atoms with E-state index in [1.165, 1.54) is 6.39 Å². The fourth-order valence-electron chi connectivity index (χ4n) is 2.20. The Labute approximate surface area is 103 Å². The van der Waals surface area contributed by atoms with Gasteiger partial charge < -0.3 is 14.7 Å². The van der Waals surface area contributed by atoms with Crippen molar-refractivity contribution >= 4 is 11.1 Å². The highest BCUT2D eigenvalue weighted by molar-refractivity contribution is 5.78. The van der Waals surface area contributed by atoms with Crippen molar-refractivity contribution < 1.29 is 4.42 Å². The van der Waals surface area contributed by atoms with E-state index in [-0.39, 0.29) is 0 Å². The van der Waals surface area contributed by atoms with E-state index in [4.69, 9.17) is 4.42 Å². The topological polar surface area (TPSA) is 66.7 Å². The number of H-pyrrole nitrogens is 1. The molecular formula is C13H12N4O. The number of hydrogen-bond acceptors (Lipinski definition) is 4. The quantitative estimate of drug-likeness (QED) is 0.718. The minimum atomic E-state index is 0.521. The van der Waals surface area contributed by atoms with Crippen LogP contribution in [0, 0.1) is 0 Å². The summed E-state index contributed by atoms with van der Waals surface area (Å²) in [7, 11) is 0. The minimum Gasteiger partial charge on any atom is -0.443 e. The van der Waals surface area contributed by atoms with Crippen molar-refractivity contribution in [3.8, 4) is 11.3 Å². The van der Waals surface area contributed by atoms with Gasteiger partial charge in [-0.3, -0.25) is 0 Å². The van der Waals surface area contributed by atoms with E-state index in [0.717, 1.165) is 41.3 Å². The summed E-state index contributed by atoms with van der Waals surface area (Å²) in [6.07, 6.45) is 3.35. The molecule has 3 heterocycles. The lowest BCUT2D eigenvalue weighted by atomic mass is 10.0. The lowest BCUT2D eigenvalue weighted by Gasteiger charge is -2.24. The molecule has 18 heavy (non-hydrogen) atoms. The number of aromatic nitrogens is 3. The molecule has 2 aromatic heterocycles. The highest BCUT2D eigenvalue weighted by atomic mass is 16.3. The molecule has 1 fully saturated rings. The first-order chi connectivity index (χ1) is 8.90. The van der Waals surface area contributed by atoms with Crippen LogP contribution in [0.25, 0.3) is 22.4 Å². The van der Waals surface area contributed by atoms with E-state index >= 15 is 0 Å². The van der Waals surface area contributed by atoms with Crippen LogP contribution < -0.4 is 5.32 Å². The number of aromatic amines is 1. The van der Waals surface area contributed by atoms with Crippen LogP contribution in [0.15, 0.2) is 35.2 Å². The zero-order valence-electron chi connectivity index (χ0n) is 9.68. The molecule has 0 aliphatic carbocycles. The predicted octanol–water partition coefficient (Wildman–Crippen LogP) is 1.90. The van der Waals surface area contributed by atoms with E-state index < -0.39 is 0 Å². The van der Waals surface area contributed by atoms with Crippen LogP contribution in [0.3, 0.4) is 0 Å². The van der Waals surface area contributed by atoms with E-state index in [9.17, 15) is 0 Å². The molecule has 4 rings (SSSR count). The fraction of sp³-hybridized carbons (Fsp3) is 0.231. The second-order valence-corrected chi connectivity index (χ2v) is 4.57. The maximum Gasteiger partial charge on any atom is 0.181 e. The second kappa shape index (κ2) is 3.68. The Kier molecular flexibility index (Phi) is 2.01. The second-order valence-electron chi connectivity index (χ2n) is 4.57. The van der Waals surface area contributed by atoms with Gasteiger partial charge in [0.2, 0.25) is 0 Å². The number of hydrogen-bond donors (Lipinski definition) is 2. The molecule has 1 aromatic carbocycles. The maximum atomic E-state index is 5.31. The first-order valence-electron chi connectivity index (χ1n) is 5.99. The molecule has 1 aliphatic heterocycles. The van der Waals surface area contributed by atoms with Crippen LogP contribution in [0.2, 0.25) is 0 Å². The van der Waals surface area contributed by atoms with Gasteiger partial charge in [0, 0.05) is 24.6 Å². The summed E-state index contributed by atoms with van der Waals surface area (Å²) in [6, 6.07) is 5.97. The van der Waals surface area contributed by atoms with E-state index in [2.05, 4.69) is 20.3 Å². The van der Waals surface area contributed by atoms with Gasteiger partial charge in [0.1, 0.15) is 11.3 Å². The van der Waals surface area contributed by atoms with Gasteiger partial charge in [-0.15, -0.1) is 0 Å². The summed E-state index contributed by atoms with van der Waals surface area (Å²) >= 11 is 0. The average molecular weight is 240 g/mol. The van der Waals surface area contributed by atoms with Gasteiger partial charge in [-0.25, -0.2) is 9.97 Å². The van der Waals surface area contributed by atoms with Crippen molar-refractivity contribution in [2.24, 2.45) is 0 Å². The first kappa shape index (κ1) is 9.85. The molecular weight excluding hydrogens is 228 g/mol. The van der Waals surface area contributed by atoms with Gasteiger partial charge in [0.05, 0.1) is 11.9 Å². The average Bonchev–Trinajstić information content (AvgIpc) is 2.93. The number of nitrogens with zero attached hydrogens (tertiary/aromatic N) is 2. The highest BCUT2D eigenvalue weighted by Crippen LogP contribution is 2.25. The summed E-state index contributed by atoms with van der Waals surface area (Å²) < 4.78 is 5.31. The third-order valence-corrected chi connectivity index (χ3v) is 3.41. The molecule has 0 saturated carbocycles. The van der Waals surface area contributed by atoms with Crippen molar-refractivity contribution in [3.05, 3.63) is 36.6 Å². The van der Waals surface area contributed by atoms with Gasteiger partial charge in [0.15, 0.2) is 12.0 Å². The molecule has 2 N–H and O–H groups in total. The molecule has 1 aliphatic rings. The summed E-state index contributed by atoms with van der Waals surface area (Å²) in [5, 5.41) is 3.25. The summed E-state index contributed by atoms with van der Waals surface area (Å²) in [5.74, 6) is 1.58. The van der Waals surface area contributed by atoms with Crippen LogP contribution >= 0.6 is 0 Å². The first-order valence-corrected chi connectivity index (χ1v) is 5.99.